The standard InChI is InChI=1S/C17H12N2O4/c20-13-10-12(9-5-4-8-11-6-2-1-3-7-11)14-15(21)18-17(22)19-16(14)23-13/h1-3,6-7,10H,5,9H2,(H2,18,19,21,22). The zero-order valence-electron chi connectivity index (χ0n) is 12.0. The molecule has 0 unspecified atom stereocenters. The van der Waals surface area contributed by atoms with Crippen molar-refractivity contribution in [2.24, 2.45) is 0 Å². The number of rotatable bonds is 2. The van der Waals surface area contributed by atoms with Crippen LogP contribution in [0.1, 0.15) is 17.5 Å². The first-order chi connectivity index (χ1) is 11.1. The van der Waals surface area contributed by atoms with Gasteiger partial charge in [0, 0.05) is 18.1 Å². The van der Waals surface area contributed by atoms with Crippen molar-refractivity contribution in [3.8, 4) is 11.8 Å². The van der Waals surface area contributed by atoms with Gasteiger partial charge in [-0.25, -0.2) is 9.59 Å². The number of aryl methyl sites for hydroxylation is 1. The molecule has 0 bridgehead atoms. The molecule has 0 atom stereocenters. The molecule has 6 nitrogen and oxygen atoms in total. The molecule has 0 radical (unpaired) electrons. The molecule has 3 rings (SSSR count). The lowest BCUT2D eigenvalue weighted by Crippen LogP contribution is -2.24. The molecule has 0 aliphatic carbocycles. The van der Waals surface area contributed by atoms with Gasteiger partial charge in [0.1, 0.15) is 5.39 Å². The Labute approximate surface area is 129 Å². The Morgan fingerprint density at radius 1 is 1.04 bits per heavy atom. The summed E-state index contributed by atoms with van der Waals surface area (Å²) in [6, 6.07) is 10.8. The van der Waals surface area contributed by atoms with E-state index in [4.69, 9.17) is 4.42 Å². The molecule has 114 valence electrons. The number of H-pyrrole nitrogens is 2. The molecular formula is C17H12N2O4. The van der Waals surface area contributed by atoms with Crippen LogP contribution in [0.5, 0.6) is 0 Å². The van der Waals surface area contributed by atoms with Crippen molar-refractivity contribution in [1.29, 1.82) is 0 Å². The van der Waals surface area contributed by atoms with Gasteiger partial charge in [0.15, 0.2) is 0 Å². The average Bonchev–Trinajstić information content (AvgIpc) is 2.51. The van der Waals surface area contributed by atoms with Crippen LogP contribution in [-0.2, 0) is 6.42 Å². The van der Waals surface area contributed by atoms with Gasteiger partial charge in [0.2, 0.25) is 5.71 Å². The van der Waals surface area contributed by atoms with E-state index in [9.17, 15) is 14.4 Å². The molecule has 0 saturated carbocycles. The van der Waals surface area contributed by atoms with Gasteiger partial charge in [0.05, 0.1) is 0 Å². The Balaban J connectivity index is 1.92. The van der Waals surface area contributed by atoms with Gasteiger partial charge in [-0.3, -0.25) is 14.8 Å². The maximum Gasteiger partial charge on any atom is 0.337 e. The minimum Gasteiger partial charge on any atom is -0.405 e. The predicted octanol–water partition coefficient (Wildman–Crippen LogP) is 1.15. The first-order valence-corrected chi connectivity index (χ1v) is 6.97. The fraction of sp³-hybridized carbons (Fsp3) is 0.118. The molecule has 0 spiro atoms. The molecule has 0 aliphatic rings. The quantitative estimate of drug-likeness (QED) is 0.694. The topological polar surface area (TPSA) is 95.9 Å². The Morgan fingerprint density at radius 3 is 2.61 bits per heavy atom. The molecule has 0 aliphatic heterocycles. The van der Waals surface area contributed by atoms with Gasteiger partial charge in [-0.05, 0) is 24.1 Å². The number of aromatic nitrogens is 2. The fourth-order valence-electron chi connectivity index (χ4n) is 2.26. The largest absolute Gasteiger partial charge is 0.405 e. The number of hydrogen-bond acceptors (Lipinski definition) is 4. The third kappa shape index (κ3) is 3.30. The molecular weight excluding hydrogens is 296 g/mol. The summed E-state index contributed by atoms with van der Waals surface area (Å²) in [4.78, 5) is 39.1. The van der Waals surface area contributed by atoms with Crippen LogP contribution in [0.3, 0.4) is 0 Å². The second-order valence-corrected chi connectivity index (χ2v) is 4.87. The van der Waals surface area contributed by atoms with E-state index >= 15 is 0 Å². The summed E-state index contributed by atoms with van der Waals surface area (Å²) in [6.07, 6.45) is 0.864. The molecule has 23 heavy (non-hydrogen) atoms. The minimum absolute atomic E-state index is 0.114. The summed E-state index contributed by atoms with van der Waals surface area (Å²) in [6.45, 7) is 0. The first-order valence-electron chi connectivity index (χ1n) is 6.97. The summed E-state index contributed by atoms with van der Waals surface area (Å²) in [5.41, 5.74) is -0.643. The van der Waals surface area contributed by atoms with Crippen molar-refractivity contribution in [1.82, 2.24) is 9.97 Å². The van der Waals surface area contributed by atoms with E-state index in [0.29, 0.717) is 18.4 Å². The molecule has 3 aromatic rings. The normalized spacial score (nSPS) is 10.3. The summed E-state index contributed by atoms with van der Waals surface area (Å²) in [7, 11) is 0. The van der Waals surface area contributed by atoms with Gasteiger partial charge < -0.3 is 4.42 Å². The highest BCUT2D eigenvalue weighted by Gasteiger charge is 2.10. The van der Waals surface area contributed by atoms with Crippen LogP contribution in [0.2, 0.25) is 0 Å². The van der Waals surface area contributed by atoms with Crippen molar-refractivity contribution in [2.75, 3.05) is 0 Å². The van der Waals surface area contributed by atoms with Crippen molar-refractivity contribution in [3.05, 3.63) is 78.8 Å². The summed E-state index contributed by atoms with van der Waals surface area (Å²) >= 11 is 0. The lowest BCUT2D eigenvalue weighted by atomic mass is 10.1. The molecule has 6 heteroatoms. The molecule has 2 N–H and O–H groups in total. The van der Waals surface area contributed by atoms with Gasteiger partial charge in [-0.1, -0.05) is 30.0 Å². The van der Waals surface area contributed by atoms with Crippen LogP contribution in [0.25, 0.3) is 11.1 Å². The Kier molecular flexibility index (Phi) is 3.93. The first kappa shape index (κ1) is 14.6. The second-order valence-electron chi connectivity index (χ2n) is 4.87. The summed E-state index contributed by atoms with van der Waals surface area (Å²) in [5.74, 6) is 6.00. The van der Waals surface area contributed by atoms with E-state index in [1.807, 2.05) is 30.3 Å². The number of nitrogens with one attached hydrogen (secondary N) is 2. The third-order valence-electron chi connectivity index (χ3n) is 3.25. The average molecular weight is 308 g/mol. The van der Waals surface area contributed by atoms with Crippen LogP contribution in [0.15, 0.2) is 55.2 Å². The van der Waals surface area contributed by atoms with E-state index < -0.39 is 16.9 Å². The molecule has 0 saturated heterocycles. The van der Waals surface area contributed by atoms with Crippen LogP contribution >= 0.6 is 0 Å². The van der Waals surface area contributed by atoms with Crippen molar-refractivity contribution in [2.45, 2.75) is 12.8 Å². The smallest absolute Gasteiger partial charge is 0.337 e. The van der Waals surface area contributed by atoms with E-state index in [0.717, 1.165) is 5.56 Å². The van der Waals surface area contributed by atoms with Crippen molar-refractivity contribution < 1.29 is 4.42 Å². The van der Waals surface area contributed by atoms with Gasteiger partial charge in [-0.2, -0.15) is 0 Å². The monoisotopic (exact) mass is 308 g/mol. The highest BCUT2D eigenvalue weighted by atomic mass is 16.4. The second kappa shape index (κ2) is 6.20. The Bertz CT molecular complexity index is 1070. The summed E-state index contributed by atoms with van der Waals surface area (Å²) in [5, 5.41) is 0.172. The number of hydrogen-bond donors (Lipinski definition) is 2. The van der Waals surface area contributed by atoms with Crippen LogP contribution in [-0.4, -0.2) is 9.97 Å². The maximum absolute atomic E-state index is 11.9. The van der Waals surface area contributed by atoms with Crippen LogP contribution in [0.4, 0.5) is 0 Å². The SMILES string of the molecule is O=c1[nH]c(=O)c2c(CCC#Cc3ccccc3)cc(=O)oc2[nH]1. The van der Waals surface area contributed by atoms with E-state index in [-0.39, 0.29) is 11.1 Å². The number of fused-ring (bicyclic) bond motifs is 1. The highest BCUT2D eigenvalue weighted by molar-refractivity contribution is 5.75. The van der Waals surface area contributed by atoms with Crippen LogP contribution < -0.4 is 16.9 Å². The maximum atomic E-state index is 11.9. The van der Waals surface area contributed by atoms with Crippen molar-refractivity contribution >= 4 is 11.1 Å². The van der Waals surface area contributed by atoms with E-state index in [1.165, 1.54) is 6.07 Å². The lowest BCUT2D eigenvalue weighted by molar-refractivity contribution is 0.544. The zero-order valence-corrected chi connectivity index (χ0v) is 12.0. The van der Waals surface area contributed by atoms with Gasteiger partial charge in [-0.15, -0.1) is 0 Å². The molecule has 0 amide bonds. The molecule has 1 aromatic carbocycles. The number of aromatic amines is 2. The van der Waals surface area contributed by atoms with E-state index in [2.05, 4.69) is 21.8 Å². The van der Waals surface area contributed by atoms with Crippen molar-refractivity contribution in [3.63, 3.8) is 0 Å². The molecule has 0 fully saturated rings. The minimum atomic E-state index is -0.716. The fourth-order valence-corrected chi connectivity index (χ4v) is 2.26. The third-order valence-corrected chi connectivity index (χ3v) is 3.25. The number of benzene rings is 1. The zero-order chi connectivity index (χ0) is 16.2. The summed E-state index contributed by atoms with van der Waals surface area (Å²) < 4.78 is 4.87. The Hall–Kier alpha value is -3.33. The predicted molar refractivity (Wildman–Crippen MR) is 85.4 cm³/mol. The van der Waals surface area contributed by atoms with Gasteiger partial charge in [0.25, 0.3) is 5.56 Å². The highest BCUT2D eigenvalue weighted by Crippen LogP contribution is 2.10. The van der Waals surface area contributed by atoms with Crippen LogP contribution in [0, 0.1) is 11.8 Å². The van der Waals surface area contributed by atoms with Gasteiger partial charge >= 0.3 is 11.3 Å². The Morgan fingerprint density at radius 2 is 1.83 bits per heavy atom. The van der Waals surface area contributed by atoms with E-state index in [1.54, 1.807) is 0 Å². The molecule has 2 heterocycles. The molecule has 2 aromatic heterocycles. The lowest BCUT2D eigenvalue weighted by Gasteiger charge is -2.01.